The molecule has 0 radical (unpaired) electrons. The van der Waals surface area contributed by atoms with E-state index in [2.05, 4.69) is 5.23 Å². The second-order valence-corrected chi connectivity index (χ2v) is 3.11. The fourth-order valence-electron chi connectivity index (χ4n) is 1.29. The fraction of sp³-hybridized carbons (Fsp3) is 0.333. The van der Waals surface area contributed by atoms with Gasteiger partial charge >= 0.3 is 7.25 Å². The summed E-state index contributed by atoms with van der Waals surface area (Å²) in [6, 6.07) is 9.23. The van der Waals surface area contributed by atoms with Crippen molar-refractivity contribution in [1.82, 2.24) is 5.23 Å². The van der Waals surface area contributed by atoms with Gasteiger partial charge in [-0.1, -0.05) is 30.3 Å². The van der Waals surface area contributed by atoms with Gasteiger partial charge < -0.3 is 15.2 Å². The zero-order valence-corrected chi connectivity index (χ0v) is 7.80. The summed E-state index contributed by atoms with van der Waals surface area (Å²) in [4.78, 5) is 0. The third kappa shape index (κ3) is 3.89. The third-order valence-corrected chi connectivity index (χ3v) is 1.93. The minimum absolute atomic E-state index is 0.132. The van der Waals surface area contributed by atoms with Gasteiger partial charge in [-0.2, -0.15) is 0 Å². The molecular weight excluding hydrogens is 181 g/mol. The third-order valence-electron chi connectivity index (χ3n) is 1.93. The van der Waals surface area contributed by atoms with E-state index in [-0.39, 0.29) is 12.6 Å². The van der Waals surface area contributed by atoms with Crippen molar-refractivity contribution in [3.05, 3.63) is 35.9 Å². The number of rotatable bonds is 5. The Kier molecular flexibility index (Phi) is 4.62. The van der Waals surface area contributed by atoms with Gasteiger partial charge in [0.05, 0.1) is 6.61 Å². The van der Waals surface area contributed by atoms with Crippen LogP contribution in [0.15, 0.2) is 30.3 Å². The second-order valence-electron chi connectivity index (χ2n) is 3.11. The van der Waals surface area contributed by atoms with E-state index in [1.165, 1.54) is 0 Å². The lowest BCUT2D eigenvalue weighted by Crippen LogP contribution is -2.45. The van der Waals surface area contributed by atoms with E-state index in [0.29, 0.717) is 6.42 Å². The first-order valence-electron chi connectivity index (χ1n) is 4.49. The smallest absolute Gasteiger partial charge is 0.413 e. The summed E-state index contributed by atoms with van der Waals surface area (Å²) >= 11 is 0. The van der Waals surface area contributed by atoms with Crippen LogP contribution in [0.2, 0.25) is 0 Å². The van der Waals surface area contributed by atoms with Crippen LogP contribution >= 0.6 is 0 Å². The largest absolute Gasteiger partial charge is 0.549 e. The Hall–Kier alpha value is -0.875. The SMILES string of the molecule is OC[C@H](Cc1ccccc1)NB(O)O. The zero-order valence-electron chi connectivity index (χ0n) is 7.80. The van der Waals surface area contributed by atoms with Crippen LogP contribution in [0.3, 0.4) is 0 Å². The van der Waals surface area contributed by atoms with Gasteiger partial charge in [0, 0.05) is 6.04 Å². The van der Waals surface area contributed by atoms with E-state index >= 15 is 0 Å². The number of hydrogen-bond acceptors (Lipinski definition) is 4. The Balaban J connectivity index is 2.48. The number of aliphatic hydroxyl groups excluding tert-OH is 1. The monoisotopic (exact) mass is 195 g/mol. The summed E-state index contributed by atoms with van der Waals surface area (Å²) in [5, 5.41) is 28.7. The molecule has 0 saturated heterocycles. The minimum atomic E-state index is -1.59. The van der Waals surface area contributed by atoms with Gasteiger partial charge in [0.1, 0.15) is 0 Å². The summed E-state index contributed by atoms with van der Waals surface area (Å²) in [5.74, 6) is 0. The normalized spacial score (nSPS) is 12.5. The van der Waals surface area contributed by atoms with Crippen molar-refractivity contribution in [2.75, 3.05) is 6.61 Å². The lowest BCUT2D eigenvalue weighted by molar-refractivity contribution is 0.243. The first kappa shape index (κ1) is 11.2. The van der Waals surface area contributed by atoms with E-state index in [0.717, 1.165) is 5.56 Å². The summed E-state index contributed by atoms with van der Waals surface area (Å²) in [5.41, 5.74) is 1.04. The van der Waals surface area contributed by atoms with Crippen LogP contribution < -0.4 is 5.23 Å². The molecule has 0 aliphatic rings. The molecule has 0 aliphatic carbocycles. The number of benzene rings is 1. The van der Waals surface area contributed by atoms with Crippen molar-refractivity contribution in [2.24, 2.45) is 0 Å². The molecule has 0 spiro atoms. The molecule has 0 saturated carbocycles. The summed E-state index contributed by atoms with van der Waals surface area (Å²) in [6.07, 6.45) is 0.564. The van der Waals surface area contributed by atoms with Crippen molar-refractivity contribution >= 4 is 7.25 Å². The molecule has 0 fully saturated rings. The maximum Gasteiger partial charge on any atom is 0.549 e. The van der Waals surface area contributed by atoms with Crippen molar-refractivity contribution in [3.8, 4) is 0 Å². The summed E-state index contributed by atoms with van der Waals surface area (Å²) < 4.78 is 0. The Bertz CT molecular complexity index is 255. The molecule has 14 heavy (non-hydrogen) atoms. The molecule has 4 N–H and O–H groups in total. The van der Waals surface area contributed by atoms with Gasteiger partial charge in [0.2, 0.25) is 0 Å². The molecule has 0 amide bonds. The Labute approximate surface area is 83.4 Å². The topological polar surface area (TPSA) is 72.7 Å². The van der Waals surface area contributed by atoms with Crippen LogP contribution in [0.25, 0.3) is 0 Å². The molecule has 0 unspecified atom stereocenters. The zero-order chi connectivity index (χ0) is 10.4. The lowest BCUT2D eigenvalue weighted by Gasteiger charge is -2.15. The van der Waals surface area contributed by atoms with Crippen molar-refractivity contribution in [1.29, 1.82) is 0 Å². The molecule has 0 aromatic heterocycles. The van der Waals surface area contributed by atoms with Crippen LogP contribution in [-0.2, 0) is 6.42 Å². The van der Waals surface area contributed by atoms with E-state index in [4.69, 9.17) is 15.2 Å². The molecule has 1 atom stereocenters. The number of nitrogens with one attached hydrogen (secondary N) is 1. The highest BCUT2D eigenvalue weighted by molar-refractivity contribution is 6.37. The van der Waals surface area contributed by atoms with E-state index < -0.39 is 7.25 Å². The Morgan fingerprint density at radius 1 is 1.21 bits per heavy atom. The first-order valence-corrected chi connectivity index (χ1v) is 4.49. The highest BCUT2D eigenvalue weighted by Crippen LogP contribution is 2.02. The van der Waals surface area contributed by atoms with Crippen LogP contribution in [0.4, 0.5) is 0 Å². The van der Waals surface area contributed by atoms with Gasteiger partial charge in [-0.3, -0.25) is 5.23 Å². The Morgan fingerprint density at radius 3 is 2.36 bits per heavy atom. The standard InChI is InChI=1S/C9H14BNO3/c12-7-9(11-10(13)14)6-8-4-2-1-3-5-8/h1-5,9,11-14H,6-7H2/t9-/m0/s1. The highest BCUT2D eigenvalue weighted by atomic mass is 16.4. The molecule has 4 nitrogen and oxygen atoms in total. The number of aliphatic hydroxyl groups is 1. The predicted octanol–water partition coefficient (Wildman–Crippen LogP) is -0.851. The summed E-state index contributed by atoms with van der Waals surface area (Å²) in [6.45, 7) is -0.132. The van der Waals surface area contributed by atoms with Crippen LogP contribution in [0.5, 0.6) is 0 Å². The molecule has 1 aromatic rings. The van der Waals surface area contributed by atoms with Gasteiger partial charge in [-0.25, -0.2) is 0 Å². The maximum absolute atomic E-state index is 8.95. The molecule has 0 aliphatic heterocycles. The van der Waals surface area contributed by atoms with Crippen molar-refractivity contribution in [2.45, 2.75) is 12.5 Å². The maximum atomic E-state index is 8.95. The highest BCUT2D eigenvalue weighted by Gasteiger charge is 2.15. The number of hydrogen-bond donors (Lipinski definition) is 4. The van der Waals surface area contributed by atoms with Crippen molar-refractivity contribution in [3.63, 3.8) is 0 Å². The van der Waals surface area contributed by atoms with Crippen LogP contribution in [0.1, 0.15) is 5.56 Å². The van der Waals surface area contributed by atoms with Gasteiger partial charge in [-0.05, 0) is 12.0 Å². The van der Waals surface area contributed by atoms with E-state index in [1.54, 1.807) is 0 Å². The van der Waals surface area contributed by atoms with Crippen LogP contribution in [0, 0.1) is 0 Å². The van der Waals surface area contributed by atoms with Gasteiger partial charge in [0.25, 0.3) is 0 Å². The van der Waals surface area contributed by atoms with E-state index in [1.807, 2.05) is 30.3 Å². The van der Waals surface area contributed by atoms with Crippen molar-refractivity contribution < 1.29 is 15.2 Å². The fourth-order valence-corrected chi connectivity index (χ4v) is 1.29. The Morgan fingerprint density at radius 2 is 1.86 bits per heavy atom. The van der Waals surface area contributed by atoms with Gasteiger partial charge in [0.15, 0.2) is 0 Å². The molecular formula is C9H14BNO3. The molecule has 1 rings (SSSR count). The average Bonchev–Trinajstić information content (AvgIpc) is 2.17. The molecule has 5 heteroatoms. The first-order chi connectivity index (χ1) is 6.72. The van der Waals surface area contributed by atoms with Crippen LogP contribution in [-0.4, -0.2) is 35.1 Å². The molecule has 1 aromatic carbocycles. The minimum Gasteiger partial charge on any atom is -0.413 e. The average molecular weight is 195 g/mol. The van der Waals surface area contributed by atoms with E-state index in [9.17, 15) is 0 Å². The molecule has 76 valence electrons. The quantitative estimate of drug-likeness (QED) is 0.462. The predicted molar refractivity (Wildman–Crippen MR) is 54.3 cm³/mol. The molecule has 0 heterocycles. The summed E-state index contributed by atoms with van der Waals surface area (Å²) in [7, 11) is -1.59. The van der Waals surface area contributed by atoms with Gasteiger partial charge in [-0.15, -0.1) is 0 Å². The molecule has 0 bridgehead atoms. The lowest BCUT2D eigenvalue weighted by atomic mass is 10.0. The second kappa shape index (κ2) is 5.77.